The van der Waals surface area contributed by atoms with Crippen LogP contribution in [0.5, 0.6) is 40.2 Å². The zero-order valence-electron chi connectivity index (χ0n) is 19.1. The van der Waals surface area contributed by atoms with E-state index in [0.717, 1.165) is 18.2 Å². The normalized spacial score (nSPS) is 14.8. The third-order valence-corrected chi connectivity index (χ3v) is 6.11. The average Bonchev–Trinajstić information content (AvgIpc) is 2.86. The lowest BCUT2D eigenvalue weighted by atomic mass is 9.84. The molecule has 0 spiro atoms. The summed E-state index contributed by atoms with van der Waals surface area (Å²) in [7, 11) is 2.92. The minimum atomic E-state index is -0.938. The number of esters is 1. The molecule has 184 valence electrons. The van der Waals surface area contributed by atoms with Crippen LogP contribution < -0.4 is 19.6 Å². The first-order valence-corrected chi connectivity index (χ1v) is 10.7. The summed E-state index contributed by atoms with van der Waals surface area (Å²) in [5, 5.41) is 40.5. The SMILES string of the molecule is COc1cccc([C@H]2CC(=O)Oc3cc(O)c4c(=O)c(O)c(-c5ccc(O)c(O)c5)oc4c32)c1OC. The zero-order valence-corrected chi connectivity index (χ0v) is 19.1. The van der Waals surface area contributed by atoms with Gasteiger partial charge >= 0.3 is 5.97 Å². The van der Waals surface area contributed by atoms with Crippen LogP contribution >= 0.6 is 0 Å². The smallest absolute Gasteiger partial charge is 0.312 e. The van der Waals surface area contributed by atoms with E-state index in [1.165, 1.54) is 20.3 Å². The molecule has 5 rings (SSSR count). The molecule has 1 aliphatic rings. The van der Waals surface area contributed by atoms with Gasteiger partial charge in [-0.25, -0.2) is 0 Å². The zero-order chi connectivity index (χ0) is 25.7. The van der Waals surface area contributed by atoms with Gasteiger partial charge < -0.3 is 39.1 Å². The second kappa shape index (κ2) is 8.42. The van der Waals surface area contributed by atoms with Crippen LogP contribution in [0.1, 0.15) is 23.5 Å². The third kappa shape index (κ3) is 3.42. The maximum atomic E-state index is 13.2. The Labute approximate surface area is 203 Å². The first-order chi connectivity index (χ1) is 17.2. The van der Waals surface area contributed by atoms with Gasteiger partial charge in [0.1, 0.15) is 22.5 Å². The van der Waals surface area contributed by atoms with Crippen molar-refractivity contribution in [2.75, 3.05) is 14.2 Å². The summed E-state index contributed by atoms with van der Waals surface area (Å²) in [6.07, 6.45) is -0.143. The fourth-order valence-corrected chi connectivity index (χ4v) is 4.49. The number of methoxy groups -OCH3 is 2. The Hall–Kier alpha value is -4.86. The summed E-state index contributed by atoms with van der Waals surface area (Å²) in [5.74, 6) is -3.17. The summed E-state index contributed by atoms with van der Waals surface area (Å²) in [6.45, 7) is 0. The van der Waals surface area contributed by atoms with Crippen LogP contribution in [-0.2, 0) is 4.79 Å². The minimum absolute atomic E-state index is 0.0283. The molecular weight excluding hydrogens is 472 g/mol. The predicted octanol–water partition coefficient (Wildman–Crippen LogP) is 3.74. The largest absolute Gasteiger partial charge is 0.507 e. The van der Waals surface area contributed by atoms with E-state index < -0.39 is 40.3 Å². The van der Waals surface area contributed by atoms with Crippen LogP contribution in [0.3, 0.4) is 0 Å². The Morgan fingerprint density at radius 3 is 2.39 bits per heavy atom. The van der Waals surface area contributed by atoms with E-state index in [-0.39, 0.29) is 40.0 Å². The molecule has 0 radical (unpaired) electrons. The van der Waals surface area contributed by atoms with E-state index in [1.807, 2.05) is 0 Å². The van der Waals surface area contributed by atoms with Crippen molar-refractivity contribution in [3.63, 3.8) is 0 Å². The lowest BCUT2D eigenvalue weighted by Gasteiger charge is -2.27. The molecule has 0 saturated carbocycles. The van der Waals surface area contributed by atoms with Gasteiger partial charge in [-0.2, -0.15) is 0 Å². The molecule has 0 fully saturated rings. The third-order valence-electron chi connectivity index (χ3n) is 6.11. The van der Waals surface area contributed by atoms with E-state index in [0.29, 0.717) is 17.1 Å². The number of carbonyl (C=O) groups is 1. The van der Waals surface area contributed by atoms with Gasteiger partial charge in [-0.05, 0) is 24.3 Å². The molecule has 4 N–H and O–H groups in total. The van der Waals surface area contributed by atoms with Crippen LogP contribution in [0.2, 0.25) is 0 Å². The van der Waals surface area contributed by atoms with Crippen molar-refractivity contribution >= 4 is 16.9 Å². The van der Waals surface area contributed by atoms with Gasteiger partial charge in [-0.15, -0.1) is 0 Å². The second-order valence-corrected chi connectivity index (χ2v) is 8.14. The molecule has 0 amide bonds. The van der Waals surface area contributed by atoms with Crippen molar-refractivity contribution in [2.45, 2.75) is 12.3 Å². The number of phenols is 3. The molecule has 1 aliphatic heterocycles. The Morgan fingerprint density at radius 2 is 1.69 bits per heavy atom. The van der Waals surface area contributed by atoms with Crippen molar-refractivity contribution in [3.05, 3.63) is 63.8 Å². The van der Waals surface area contributed by atoms with Gasteiger partial charge in [-0.3, -0.25) is 9.59 Å². The van der Waals surface area contributed by atoms with Gasteiger partial charge in [0.25, 0.3) is 0 Å². The number of phenolic OH excluding ortho intramolecular Hbond substituents is 3. The van der Waals surface area contributed by atoms with Gasteiger partial charge in [-0.1, -0.05) is 12.1 Å². The molecule has 0 aliphatic carbocycles. The molecule has 2 heterocycles. The molecule has 1 aromatic heterocycles. The number of aromatic hydroxyl groups is 4. The van der Waals surface area contributed by atoms with Crippen LogP contribution in [-0.4, -0.2) is 40.6 Å². The molecule has 10 heteroatoms. The van der Waals surface area contributed by atoms with Gasteiger partial charge in [0.05, 0.1) is 20.6 Å². The molecule has 4 aromatic rings. The fourth-order valence-electron chi connectivity index (χ4n) is 4.49. The summed E-state index contributed by atoms with van der Waals surface area (Å²) < 4.78 is 22.3. The number of hydrogen-bond acceptors (Lipinski definition) is 10. The molecule has 0 bridgehead atoms. The lowest BCUT2D eigenvalue weighted by molar-refractivity contribution is -0.135. The number of rotatable bonds is 4. The van der Waals surface area contributed by atoms with Gasteiger partial charge in [0, 0.05) is 28.7 Å². The number of fused-ring (bicyclic) bond motifs is 3. The topological polar surface area (TPSA) is 156 Å². The minimum Gasteiger partial charge on any atom is -0.507 e. The Bertz CT molecular complexity index is 1600. The number of ether oxygens (including phenoxy) is 3. The molecular formula is C26H20O10. The number of hydrogen-bond donors (Lipinski definition) is 4. The molecule has 1 atom stereocenters. The molecule has 3 aromatic carbocycles. The highest BCUT2D eigenvalue weighted by molar-refractivity contribution is 5.94. The number of carbonyl (C=O) groups excluding carboxylic acids is 1. The maximum absolute atomic E-state index is 13.2. The molecule has 36 heavy (non-hydrogen) atoms. The van der Waals surface area contributed by atoms with Crippen LogP contribution in [0.15, 0.2) is 51.7 Å². The van der Waals surface area contributed by atoms with Crippen LogP contribution in [0.4, 0.5) is 0 Å². The molecule has 10 nitrogen and oxygen atoms in total. The average molecular weight is 492 g/mol. The van der Waals surface area contributed by atoms with Crippen molar-refractivity contribution in [1.82, 2.24) is 0 Å². The Morgan fingerprint density at radius 1 is 0.917 bits per heavy atom. The van der Waals surface area contributed by atoms with E-state index in [4.69, 9.17) is 18.6 Å². The lowest BCUT2D eigenvalue weighted by Crippen LogP contribution is -2.22. The van der Waals surface area contributed by atoms with Crippen molar-refractivity contribution in [3.8, 4) is 51.6 Å². The highest BCUT2D eigenvalue weighted by Gasteiger charge is 2.36. The van der Waals surface area contributed by atoms with Crippen molar-refractivity contribution < 1.29 is 43.8 Å². The monoisotopic (exact) mass is 492 g/mol. The molecule has 0 unspecified atom stereocenters. The van der Waals surface area contributed by atoms with Crippen molar-refractivity contribution in [1.29, 1.82) is 0 Å². The molecule has 0 saturated heterocycles. The van der Waals surface area contributed by atoms with Gasteiger partial charge in [0.2, 0.25) is 11.2 Å². The fraction of sp³-hybridized carbons (Fsp3) is 0.154. The van der Waals surface area contributed by atoms with E-state index in [1.54, 1.807) is 18.2 Å². The summed E-state index contributed by atoms with van der Waals surface area (Å²) in [4.78, 5) is 25.7. The second-order valence-electron chi connectivity index (χ2n) is 8.14. The van der Waals surface area contributed by atoms with Crippen LogP contribution in [0, 0.1) is 0 Å². The van der Waals surface area contributed by atoms with E-state index in [2.05, 4.69) is 0 Å². The number of para-hydroxylation sites is 1. The summed E-state index contributed by atoms with van der Waals surface area (Å²) >= 11 is 0. The highest BCUT2D eigenvalue weighted by Crippen LogP contribution is 2.50. The maximum Gasteiger partial charge on any atom is 0.312 e. The van der Waals surface area contributed by atoms with E-state index in [9.17, 15) is 30.0 Å². The van der Waals surface area contributed by atoms with Crippen LogP contribution in [0.25, 0.3) is 22.3 Å². The first-order valence-electron chi connectivity index (χ1n) is 10.7. The quantitative estimate of drug-likeness (QED) is 0.188. The Kier molecular flexibility index (Phi) is 5.36. The standard InChI is InChI=1S/C26H20O10/c1-33-17-5-3-4-12(25(17)34-2)13-9-19(30)35-18-10-16(29)21-22(31)23(32)24(36-26(21)20(13)18)11-6-7-14(27)15(28)8-11/h3-8,10,13,27-29,32H,9H2,1-2H3/t13-/m1/s1. The number of benzene rings is 3. The summed E-state index contributed by atoms with van der Waals surface area (Å²) in [6, 6.07) is 9.85. The highest BCUT2D eigenvalue weighted by atomic mass is 16.5. The predicted molar refractivity (Wildman–Crippen MR) is 126 cm³/mol. The van der Waals surface area contributed by atoms with E-state index >= 15 is 0 Å². The first kappa shape index (κ1) is 22.9. The van der Waals surface area contributed by atoms with Gasteiger partial charge in [0.15, 0.2) is 28.8 Å². The Balaban J connectivity index is 1.87. The summed E-state index contributed by atoms with van der Waals surface area (Å²) in [5.41, 5.74) is -0.163. The van der Waals surface area contributed by atoms with Crippen molar-refractivity contribution in [2.24, 2.45) is 0 Å².